The number of carbonyl (C=O) groups is 2. The van der Waals surface area contributed by atoms with Gasteiger partial charge in [-0.25, -0.2) is 9.97 Å². The number of anilines is 2. The molecule has 3 rings (SSSR count). The van der Waals surface area contributed by atoms with Crippen molar-refractivity contribution < 1.29 is 9.59 Å². The molecule has 0 radical (unpaired) electrons. The van der Waals surface area contributed by atoms with Crippen LogP contribution in [0.1, 0.15) is 18.2 Å². The molecule has 7 heteroatoms. The summed E-state index contributed by atoms with van der Waals surface area (Å²) in [5.74, 6) is 0.930. The average Bonchev–Trinajstić information content (AvgIpc) is 2.63. The largest absolute Gasteiger partial charge is 0.353 e. The summed E-state index contributed by atoms with van der Waals surface area (Å²) in [5, 5.41) is 2.72. The lowest BCUT2D eigenvalue weighted by atomic mass is 10.1. The van der Waals surface area contributed by atoms with Crippen molar-refractivity contribution in [1.82, 2.24) is 14.9 Å². The molecule has 2 aromatic rings. The molecule has 0 atom stereocenters. The summed E-state index contributed by atoms with van der Waals surface area (Å²) in [6.45, 7) is 6.33. The predicted molar refractivity (Wildman–Crippen MR) is 100 cm³/mol. The highest BCUT2D eigenvalue weighted by molar-refractivity contribution is 5.88. The highest BCUT2D eigenvalue weighted by Crippen LogP contribution is 2.15. The van der Waals surface area contributed by atoms with Gasteiger partial charge in [-0.15, -0.1) is 0 Å². The highest BCUT2D eigenvalue weighted by Gasteiger charge is 2.22. The Kier molecular flexibility index (Phi) is 5.46. The minimum absolute atomic E-state index is 0.106. The van der Waals surface area contributed by atoms with Gasteiger partial charge in [0.05, 0.1) is 6.42 Å². The standard InChI is InChI=1S/C19H23N5O2/c1-14-11-18(21-13-20-14)23-7-9-24(10-8-23)19(26)12-16-3-5-17(6-4-16)22-15(2)25/h3-6,11,13H,7-10,12H2,1-2H3,(H,22,25). The Bertz CT molecular complexity index is 783. The van der Waals surface area contributed by atoms with Gasteiger partial charge in [-0.1, -0.05) is 12.1 Å². The first kappa shape index (κ1) is 17.8. The molecule has 1 aromatic heterocycles. The molecule has 1 aliphatic rings. The van der Waals surface area contributed by atoms with Gasteiger partial charge in [0.25, 0.3) is 0 Å². The number of aromatic nitrogens is 2. The Labute approximate surface area is 153 Å². The first-order valence-electron chi connectivity index (χ1n) is 8.69. The van der Waals surface area contributed by atoms with Gasteiger partial charge in [0.2, 0.25) is 11.8 Å². The Morgan fingerprint density at radius 3 is 2.38 bits per heavy atom. The van der Waals surface area contributed by atoms with E-state index in [2.05, 4.69) is 20.2 Å². The maximum absolute atomic E-state index is 12.5. The highest BCUT2D eigenvalue weighted by atomic mass is 16.2. The van der Waals surface area contributed by atoms with E-state index >= 15 is 0 Å². The second-order valence-electron chi connectivity index (χ2n) is 6.44. The predicted octanol–water partition coefficient (Wildman–Crippen LogP) is 1.63. The zero-order chi connectivity index (χ0) is 18.5. The molecule has 26 heavy (non-hydrogen) atoms. The second-order valence-corrected chi connectivity index (χ2v) is 6.44. The lowest BCUT2D eigenvalue weighted by Crippen LogP contribution is -2.49. The van der Waals surface area contributed by atoms with Crippen molar-refractivity contribution in [2.75, 3.05) is 36.4 Å². The van der Waals surface area contributed by atoms with Gasteiger partial charge in [0.15, 0.2) is 0 Å². The summed E-state index contributed by atoms with van der Waals surface area (Å²) < 4.78 is 0. The van der Waals surface area contributed by atoms with Crippen molar-refractivity contribution in [1.29, 1.82) is 0 Å². The summed E-state index contributed by atoms with van der Waals surface area (Å²) >= 11 is 0. The third-order valence-electron chi connectivity index (χ3n) is 4.38. The fourth-order valence-electron chi connectivity index (χ4n) is 2.99. The number of carbonyl (C=O) groups excluding carboxylic acids is 2. The monoisotopic (exact) mass is 353 g/mol. The van der Waals surface area contributed by atoms with Crippen molar-refractivity contribution in [3.63, 3.8) is 0 Å². The molecule has 7 nitrogen and oxygen atoms in total. The lowest BCUT2D eigenvalue weighted by molar-refractivity contribution is -0.130. The number of piperazine rings is 1. The quantitative estimate of drug-likeness (QED) is 0.904. The number of hydrogen-bond acceptors (Lipinski definition) is 5. The molecule has 2 amide bonds. The van der Waals surface area contributed by atoms with Crippen LogP contribution in [0, 0.1) is 6.92 Å². The van der Waals surface area contributed by atoms with Crippen molar-refractivity contribution in [2.45, 2.75) is 20.3 Å². The fraction of sp³-hybridized carbons (Fsp3) is 0.368. The first-order valence-corrected chi connectivity index (χ1v) is 8.69. The van der Waals surface area contributed by atoms with Crippen LogP contribution in [0.25, 0.3) is 0 Å². The van der Waals surface area contributed by atoms with Crippen LogP contribution in [-0.2, 0) is 16.0 Å². The van der Waals surface area contributed by atoms with Gasteiger partial charge >= 0.3 is 0 Å². The number of nitrogens with zero attached hydrogens (tertiary/aromatic N) is 4. The van der Waals surface area contributed by atoms with Crippen molar-refractivity contribution in [3.05, 3.63) is 47.9 Å². The van der Waals surface area contributed by atoms with Gasteiger partial charge in [-0.2, -0.15) is 0 Å². The van der Waals surface area contributed by atoms with E-state index in [4.69, 9.17) is 0 Å². The van der Waals surface area contributed by atoms with Crippen LogP contribution in [0.5, 0.6) is 0 Å². The van der Waals surface area contributed by atoms with E-state index in [0.717, 1.165) is 35.9 Å². The second kappa shape index (κ2) is 7.95. The molecule has 1 aromatic carbocycles. The van der Waals surface area contributed by atoms with Crippen LogP contribution >= 0.6 is 0 Å². The number of amides is 2. The Morgan fingerprint density at radius 2 is 1.77 bits per heavy atom. The Balaban J connectivity index is 1.53. The maximum Gasteiger partial charge on any atom is 0.227 e. The SMILES string of the molecule is CC(=O)Nc1ccc(CC(=O)N2CCN(c3cc(C)ncn3)CC2)cc1. The van der Waals surface area contributed by atoms with Gasteiger partial charge in [0, 0.05) is 50.6 Å². The molecule has 1 aliphatic heterocycles. The summed E-state index contributed by atoms with van der Waals surface area (Å²) in [4.78, 5) is 36.1. The molecule has 0 bridgehead atoms. The van der Waals surface area contributed by atoms with Crippen LogP contribution in [0.3, 0.4) is 0 Å². The summed E-state index contributed by atoms with van der Waals surface area (Å²) in [5.41, 5.74) is 2.62. The normalized spacial score (nSPS) is 14.2. The molecule has 0 unspecified atom stereocenters. The molecular formula is C19H23N5O2. The van der Waals surface area contributed by atoms with Crippen LogP contribution < -0.4 is 10.2 Å². The zero-order valence-corrected chi connectivity index (χ0v) is 15.1. The van der Waals surface area contributed by atoms with E-state index in [9.17, 15) is 9.59 Å². The molecule has 1 fully saturated rings. The van der Waals surface area contributed by atoms with Crippen molar-refractivity contribution >= 4 is 23.3 Å². The maximum atomic E-state index is 12.5. The molecule has 136 valence electrons. The van der Waals surface area contributed by atoms with Crippen LogP contribution in [0.2, 0.25) is 0 Å². The van der Waals surface area contributed by atoms with Gasteiger partial charge in [0.1, 0.15) is 12.1 Å². The molecule has 1 saturated heterocycles. The van der Waals surface area contributed by atoms with Gasteiger partial charge in [-0.3, -0.25) is 9.59 Å². The number of aryl methyl sites for hydroxylation is 1. The van der Waals surface area contributed by atoms with Crippen LogP contribution in [-0.4, -0.2) is 52.9 Å². The third kappa shape index (κ3) is 4.56. The topological polar surface area (TPSA) is 78.4 Å². The summed E-state index contributed by atoms with van der Waals surface area (Å²) in [7, 11) is 0. The van der Waals surface area contributed by atoms with E-state index in [1.54, 1.807) is 6.33 Å². The first-order chi connectivity index (χ1) is 12.5. The molecular weight excluding hydrogens is 330 g/mol. The fourth-order valence-corrected chi connectivity index (χ4v) is 2.99. The number of rotatable bonds is 4. The smallest absolute Gasteiger partial charge is 0.227 e. The zero-order valence-electron chi connectivity index (χ0n) is 15.1. The van der Waals surface area contributed by atoms with E-state index in [1.165, 1.54) is 6.92 Å². The number of hydrogen-bond donors (Lipinski definition) is 1. The van der Waals surface area contributed by atoms with Crippen LogP contribution in [0.15, 0.2) is 36.7 Å². The Hall–Kier alpha value is -2.96. The lowest BCUT2D eigenvalue weighted by Gasteiger charge is -2.35. The molecule has 0 spiro atoms. The van der Waals surface area contributed by atoms with Crippen molar-refractivity contribution in [3.8, 4) is 0 Å². The minimum Gasteiger partial charge on any atom is -0.353 e. The molecule has 1 N–H and O–H groups in total. The van der Waals surface area contributed by atoms with Gasteiger partial charge < -0.3 is 15.1 Å². The summed E-state index contributed by atoms with van der Waals surface area (Å²) in [6.07, 6.45) is 1.94. The Morgan fingerprint density at radius 1 is 1.08 bits per heavy atom. The molecule has 0 saturated carbocycles. The number of nitrogens with one attached hydrogen (secondary N) is 1. The van der Waals surface area contributed by atoms with Crippen LogP contribution in [0.4, 0.5) is 11.5 Å². The van der Waals surface area contributed by atoms with Gasteiger partial charge in [-0.05, 0) is 24.6 Å². The summed E-state index contributed by atoms with van der Waals surface area (Å²) in [6, 6.07) is 9.36. The average molecular weight is 353 g/mol. The van der Waals surface area contributed by atoms with E-state index < -0.39 is 0 Å². The molecule has 0 aliphatic carbocycles. The van der Waals surface area contributed by atoms with Crippen molar-refractivity contribution in [2.24, 2.45) is 0 Å². The minimum atomic E-state index is -0.106. The third-order valence-corrected chi connectivity index (χ3v) is 4.38. The van der Waals surface area contributed by atoms with E-state index in [-0.39, 0.29) is 11.8 Å². The van der Waals surface area contributed by atoms with E-state index in [0.29, 0.717) is 19.5 Å². The molecule has 2 heterocycles. The van der Waals surface area contributed by atoms with E-state index in [1.807, 2.05) is 42.2 Å². The number of benzene rings is 1.